The highest BCUT2D eigenvalue weighted by Gasteiger charge is 2.19. The molecule has 0 radical (unpaired) electrons. The van der Waals surface area contributed by atoms with Gasteiger partial charge in [0.2, 0.25) is 0 Å². The van der Waals surface area contributed by atoms with Gasteiger partial charge in [0, 0.05) is 24.2 Å². The van der Waals surface area contributed by atoms with Crippen LogP contribution >= 0.6 is 0 Å². The van der Waals surface area contributed by atoms with E-state index in [2.05, 4.69) is 10.3 Å². The smallest absolute Gasteiger partial charge is 0.166 e. The number of pyridine rings is 1. The predicted octanol–water partition coefficient (Wildman–Crippen LogP) is 2.20. The zero-order valence-corrected chi connectivity index (χ0v) is 10.8. The van der Waals surface area contributed by atoms with Crippen LogP contribution in [0.15, 0.2) is 18.5 Å². The van der Waals surface area contributed by atoms with Crippen LogP contribution in [0.25, 0.3) is 0 Å². The molecule has 1 aromatic heterocycles. The Morgan fingerprint density at radius 1 is 1.56 bits per heavy atom. The van der Waals surface area contributed by atoms with Crippen LogP contribution in [-0.4, -0.2) is 30.0 Å². The molecular formula is C14H20N2O2. The number of ether oxygens (including phenoxy) is 1. The summed E-state index contributed by atoms with van der Waals surface area (Å²) in [5, 5.41) is 3.33. The minimum Gasteiger partial charge on any atom is -0.492 e. The predicted molar refractivity (Wildman–Crippen MR) is 70.0 cm³/mol. The Balaban J connectivity index is 1.96. The number of hydrogen-bond donors (Lipinski definition) is 1. The molecule has 1 aliphatic heterocycles. The van der Waals surface area contributed by atoms with Crippen molar-refractivity contribution in [1.82, 2.24) is 10.3 Å². The van der Waals surface area contributed by atoms with Gasteiger partial charge in [-0.25, -0.2) is 0 Å². The lowest BCUT2D eigenvalue weighted by Gasteiger charge is -2.09. The van der Waals surface area contributed by atoms with Crippen molar-refractivity contribution in [3.8, 4) is 5.75 Å². The summed E-state index contributed by atoms with van der Waals surface area (Å²) in [6.07, 6.45) is 7.03. The van der Waals surface area contributed by atoms with Crippen LogP contribution in [0.4, 0.5) is 0 Å². The third-order valence-corrected chi connectivity index (χ3v) is 3.10. The fourth-order valence-electron chi connectivity index (χ4n) is 2.14. The Morgan fingerprint density at radius 3 is 3.17 bits per heavy atom. The molecule has 1 saturated heterocycles. The van der Waals surface area contributed by atoms with Crippen LogP contribution in [0.2, 0.25) is 0 Å². The summed E-state index contributed by atoms with van der Waals surface area (Å²) in [5.41, 5.74) is 0.650. The molecule has 1 fully saturated rings. The van der Waals surface area contributed by atoms with Crippen molar-refractivity contribution in [3.05, 3.63) is 24.0 Å². The van der Waals surface area contributed by atoms with Crippen LogP contribution in [0.3, 0.4) is 0 Å². The standard InChI is InChI=1S/C14H20N2O2/c1-2-6-18-13-7-11(9-15-10-13)14(17)8-12-4-3-5-16-12/h7,9-10,12,16H,2-6,8H2,1H3. The monoisotopic (exact) mass is 248 g/mol. The fraction of sp³-hybridized carbons (Fsp3) is 0.571. The summed E-state index contributed by atoms with van der Waals surface area (Å²) in [4.78, 5) is 16.2. The molecule has 0 bridgehead atoms. The highest BCUT2D eigenvalue weighted by Crippen LogP contribution is 2.16. The molecule has 2 heterocycles. The van der Waals surface area contributed by atoms with Crippen molar-refractivity contribution in [1.29, 1.82) is 0 Å². The second-order valence-corrected chi connectivity index (χ2v) is 4.68. The first-order valence-electron chi connectivity index (χ1n) is 6.64. The van der Waals surface area contributed by atoms with Crippen molar-refractivity contribution < 1.29 is 9.53 Å². The summed E-state index contributed by atoms with van der Waals surface area (Å²) in [6.45, 7) is 3.73. The number of Topliss-reactive ketones (excluding diaryl/α,β-unsaturated/α-hetero) is 1. The van der Waals surface area contributed by atoms with Gasteiger partial charge < -0.3 is 10.1 Å². The molecule has 0 aliphatic carbocycles. The summed E-state index contributed by atoms with van der Waals surface area (Å²) in [7, 11) is 0. The Labute approximate surface area is 108 Å². The molecule has 1 aromatic rings. The molecule has 4 heteroatoms. The van der Waals surface area contributed by atoms with Crippen molar-refractivity contribution in [2.75, 3.05) is 13.2 Å². The van der Waals surface area contributed by atoms with Gasteiger partial charge in [0.15, 0.2) is 5.78 Å². The average molecular weight is 248 g/mol. The minimum atomic E-state index is 0.142. The summed E-state index contributed by atoms with van der Waals surface area (Å²) < 4.78 is 5.49. The van der Waals surface area contributed by atoms with E-state index in [1.807, 2.05) is 6.92 Å². The van der Waals surface area contributed by atoms with E-state index in [-0.39, 0.29) is 5.78 Å². The molecule has 2 rings (SSSR count). The Hall–Kier alpha value is -1.42. The van der Waals surface area contributed by atoms with E-state index in [0.29, 0.717) is 30.4 Å². The maximum absolute atomic E-state index is 12.1. The van der Waals surface area contributed by atoms with E-state index < -0.39 is 0 Å². The number of ketones is 1. The van der Waals surface area contributed by atoms with Crippen molar-refractivity contribution >= 4 is 5.78 Å². The van der Waals surface area contributed by atoms with E-state index in [1.54, 1.807) is 18.5 Å². The second kappa shape index (κ2) is 6.50. The van der Waals surface area contributed by atoms with Crippen LogP contribution in [0.1, 0.15) is 43.0 Å². The first-order chi connectivity index (χ1) is 8.79. The molecular weight excluding hydrogens is 228 g/mol. The van der Waals surface area contributed by atoms with E-state index >= 15 is 0 Å². The van der Waals surface area contributed by atoms with Crippen molar-refractivity contribution in [2.45, 2.75) is 38.6 Å². The number of aromatic nitrogens is 1. The number of nitrogens with one attached hydrogen (secondary N) is 1. The normalized spacial score (nSPS) is 18.8. The van der Waals surface area contributed by atoms with Gasteiger partial charge in [-0.3, -0.25) is 9.78 Å². The topological polar surface area (TPSA) is 51.2 Å². The molecule has 1 aliphatic rings. The van der Waals surface area contributed by atoms with Gasteiger partial charge in [0.1, 0.15) is 5.75 Å². The first kappa shape index (κ1) is 13.0. The lowest BCUT2D eigenvalue weighted by Crippen LogP contribution is -2.24. The Morgan fingerprint density at radius 2 is 2.44 bits per heavy atom. The molecule has 1 atom stereocenters. The van der Waals surface area contributed by atoms with Gasteiger partial charge in [-0.1, -0.05) is 6.92 Å². The lowest BCUT2D eigenvalue weighted by molar-refractivity contribution is 0.0971. The van der Waals surface area contributed by atoms with Crippen LogP contribution in [0.5, 0.6) is 5.75 Å². The molecule has 4 nitrogen and oxygen atoms in total. The quantitative estimate of drug-likeness (QED) is 0.784. The van der Waals surface area contributed by atoms with E-state index in [0.717, 1.165) is 25.8 Å². The maximum Gasteiger partial charge on any atom is 0.166 e. The summed E-state index contributed by atoms with van der Waals surface area (Å²) in [6, 6.07) is 2.12. The Kier molecular flexibility index (Phi) is 4.70. The van der Waals surface area contributed by atoms with Gasteiger partial charge in [0.05, 0.1) is 12.8 Å². The third kappa shape index (κ3) is 3.53. The molecule has 1 N–H and O–H groups in total. The summed E-state index contributed by atoms with van der Waals surface area (Å²) >= 11 is 0. The molecule has 18 heavy (non-hydrogen) atoms. The van der Waals surface area contributed by atoms with Gasteiger partial charge in [0.25, 0.3) is 0 Å². The summed E-state index contributed by atoms with van der Waals surface area (Å²) in [5.74, 6) is 0.825. The first-order valence-corrected chi connectivity index (χ1v) is 6.64. The molecule has 98 valence electrons. The fourth-order valence-corrected chi connectivity index (χ4v) is 2.14. The zero-order chi connectivity index (χ0) is 12.8. The van der Waals surface area contributed by atoms with Gasteiger partial charge >= 0.3 is 0 Å². The van der Waals surface area contributed by atoms with Gasteiger partial charge in [-0.15, -0.1) is 0 Å². The third-order valence-electron chi connectivity index (χ3n) is 3.10. The van der Waals surface area contributed by atoms with Crippen molar-refractivity contribution in [3.63, 3.8) is 0 Å². The molecule has 0 saturated carbocycles. The molecule has 0 spiro atoms. The van der Waals surface area contributed by atoms with E-state index in [9.17, 15) is 4.79 Å². The zero-order valence-electron chi connectivity index (χ0n) is 10.8. The van der Waals surface area contributed by atoms with Crippen LogP contribution in [0, 0.1) is 0 Å². The highest BCUT2D eigenvalue weighted by molar-refractivity contribution is 5.96. The van der Waals surface area contributed by atoms with E-state index in [1.165, 1.54) is 0 Å². The number of carbonyl (C=O) groups is 1. The second-order valence-electron chi connectivity index (χ2n) is 4.68. The van der Waals surface area contributed by atoms with Crippen LogP contribution < -0.4 is 10.1 Å². The van der Waals surface area contributed by atoms with Gasteiger partial charge in [-0.05, 0) is 31.9 Å². The SMILES string of the molecule is CCCOc1cncc(C(=O)CC2CCCN2)c1. The average Bonchev–Trinajstić information content (AvgIpc) is 2.89. The highest BCUT2D eigenvalue weighted by atomic mass is 16.5. The van der Waals surface area contributed by atoms with E-state index in [4.69, 9.17) is 4.74 Å². The van der Waals surface area contributed by atoms with Gasteiger partial charge in [-0.2, -0.15) is 0 Å². The number of nitrogens with zero attached hydrogens (tertiary/aromatic N) is 1. The van der Waals surface area contributed by atoms with Crippen LogP contribution in [-0.2, 0) is 0 Å². The van der Waals surface area contributed by atoms with Crippen molar-refractivity contribution in [2.24, 2.45) is 0 Å². The lowest BCUT2D eigenvalue weighted by atomic mass is 10.0. The Bertz CT molecular complexity index is 401. The molecule has 1 unspecified atom stereocenters. The molecule has 0 amide bonds. The largest absolute Gasteiger partial charge is 0.492 e. The number of hydrogen-bond acceptors (Lipinski definition) is 4. The maximum atomic E-state index is 12.1. The number of carbonyl (C=O) groups excluding carboxylic acids is 1. The number of rotatable bonds is 6. The molecule has 0 aromatic carbocycles. The minimum absolute atomic E-state index is 0.142.